The Hall–Kier alpha value is -2.45. The number of aromatic nitrogens is 1. The summed E-state index contributed by atoms with van der Waals surface area (Å²) in [6.07, 6.45) is 0.794. The molecular formula is C21H31N5O2S. The molecule has 1 heterocycles. The first-order chi connectivity index (χ1) is 14.0. The van der Waals surface area contributed by atoms with E-state index in [0.717, 1.165) is 23.7 Å². The molecule has 0 aliphatic carbocycles. The van der Waals surface area contributed by atoms with Crippen molar-refractivity contribution in [3.63, 3.8) is 0 Å². The average Bonchev–Trinajstić information content (AvgIpc) is 3.19. The van der Waals surface area contributed by atoms with Gasteiger partial charge in [0.25, 0.3) is 0 Å². The number of methoxy groups -OCH3 is 1. The maximum atomic E-state index is 12.1. The molecule has 1 unspecified atom stereocenters. The Bertz CT molecular complexity index is 778. The van der Waals surface area contributed by atoms with E-state index in [-0.39, 0.29) is 18.6 Å². The predicted octanol–water partition coefficient (Wildman–Crippen LogP) is 2.61. The molecule has 2 rings (SSSR count). The number of hydrogen-bond donors (Lipinski definition) is 2. The van der Waals surface area contributed by atoms with Crippen molar-refractivity contribution in [3.8, 4) is 0 Å². The maximum Gasteiger partial charge on any atom is 0.241 e. The molecule has 7 nitrogen and oxygen atoms in total. The van der Waals surface area contributed by atoms with Gasteiger partial charge in [0.2, 0.25) is 5.91 Å². The molecule has 2 N–H and O–H groups in total. The third-order valence-corrected chi connectivity index (χ3v) is 5.37. The maximum absolute atomic E-state index is 12.1. The smallest absolute Gasteiger partial charge is 0.241 e. The molecule has 2 aromatic rings. The first kappa shape index (κ1) is 22.8. The molecule has 0 radical (unpaired) electrons. The summed E-state index contributed by atoms with van der Waals surface area (Å²) in [7, 11) is 3.62. The minimum Gasteiger partial charge on any atom is -0.375 e. The molecule has 0 aliphatic rings. The number of benzene rings is 1. The first-order valence-electron chi connectivity index (χ1n) is 9.80. The number of guanidine groups is 1. The Kier molecular flexibility index (Phi) is 9.59. The Labute approximate surface area is 177 Å². The van der Waals surface area contributed by atoms with Crippen LogP contribution in [0.25, 0.3) is 0 Å². The van der Waals surface area contributed by atoms with Crippen LogP contribution in [0.2, 0.25) is 0 Å². The fourth-order valence-electron chi connectivity index (χ4n) is 2.66. The number of nitrogens with zero attached hydrogens (tertiary/aromatic N) is 3. The fourth-order valence-corrected chi connectivity index (χ4v) is 3.51. The lowest BCUT2D eigenvalue weighted by Gasteiger charge is -2.21. The van der Waals surface area contributed by atoms with Crippen molar-refractivity contribution in [1.29, 1.82) is 0 Å². The van der Waals surface area contributed by atoms with Gasteiger partial charge in [0.1, 0.15) is 17.7 Å². The van der Waals surface area contributed by atoms with Crippen LogP contribution in [0.4, 0.5) is 0 Å². The second-order valence-corrected chi connectivity index (χ2v) is 7.56. The topological polar surface area (TPSA) is 78.9 Å². The Morgan fingerprint density at radius 2 is 2.07 bits per heavy atom. The highest BCUT2D eigenvalue weighted by Crippen LogP contribution is 2.20. The number of thiazole rings is 1. The van der Waals surface area contributed by atoms with Crippen molar-refractivity contribution in [3.05, 3.63) is 52.0 Å². The van der Waals surface area contributed by atoms with E-state index in [2.05, 4.69) is 32.7 Å². The zero-order valence-corrected chi connectivity index (χ0v) is 18.5. The summed E-state index contributed by atoms with van der Waals surface area (Å²) in [5.41, 5.74) is 2.16. The van der Waals surface area contributed by atoms with E-state index in [0.29, 0.717) is 19.0 Å². The number of carbonyl (C=O) groups excluding carboxylic acids is 1. The summed E-state index contributed by atoms with van der Waals surface area (Å²) in [5, 5.41) is 9.13. The third-order valence-electron chi connectivity index (χ3n) is 4.32. The molecule has 0 saturated carbocycles. The molecule has 1 amide bonds. The van der Waals surface area contributed by atoms with Gasteiger partial charge in [0.05, 0.1) is 12.2 Å². The van der Waals surface area contributed by atoms with Gasteiger partial charge in [-0.25, -0.2) is 9.98 Å². The summed E-state index contributed by atoms with van der Waals surface area (Å²) >= 11 is 1.59. The zero-order valence-electron chi connectivity index (χ0n) is 17.6. The van der Waals surface area contributed by atoms with Crippen molar-refractivity contribution in [1.82, 2.24) is 20.5 Å². The quantitative estimate of drug-likeness (QED) is 0.459. The number of ether oxygens (including phenoxy) is 1. The molecule has 0 aliphatic heterocycles. The molecule has 0 fully saturated rings. The summed E-state index contributed by atoms with van der Waals surface area (Å²) < 4.78 is 5.32. The molecule has 8 heteroatoms. The lowest BCUT2D eigenvalue weighted by Crippen LogP contribution is -2.39. The summed E-state index contributed by atoms with van der Waals surface area (Å²) in [6.45, 7) is 6.00. The molecule has 158 valence electrons. The third kappa shape index (κ3) is 7.83. The standard InChI is InChI=1S/C21H31N5O2S/c1-5-22-21(26(3)14-18-15-29-20(25-18)16(2)28-4)24-13-19(27)23-12-11-17-9-7-6-8-10-17/h6-10,15-16H,5,11-14H2,1-4H3,(H,22,24)(H,23,27). The summed E-state index contributed by atoms with van der Waals surface area (Å²) in [5.74, 6) is 0.592. The molecule has 1 atom stereocenters. The zero-order chi connectivity index (χ0) is 21.1. The largest absolute Gasteiger partial charge is 0.375 e. The molecule has 0 bridgehead atoms. The monoisotopic (exact) mass is 417 g/mol. The average molecular weight is 418 g/mol. The van der Waals surface area contributed by atoms with E-state index in [4.69, 9.17) is 4.74 Å². The van der Waals surface area contributed by atoms with E-state index < -0.39 is 0 Å². The molecule has 0 spiro atoms. The van der Waals surface area contributed by atoms with Gasteiger partial charge in [0, 0.05) is 32.6 Å². The van der Waals surface area contributed by atoms with Crippen LogP contribution in [-0.2, 0) is 22.5 Å². The van der Waals surface area contributed by atoms with Crippen LogP contribution in [0.3, 0.4) is 0 Å². The number of carbonyl (C=O) groups is 1. The van der Waals surface area contributed by atoms with Gasteiger partial charge in [-0.1, -0.05) is 30.3 Å². The lowest BCUT2D eigenvalue weighted by molar-refractivity contribution is -0.119. The van der Waals surface area contributed by atoms with Crippen LogP contribution in [-0.4, -0.2) is 55.5 Å². The highest BCUT2D eigenvalue weighted by Gasteiger charge is 2.13. The molecule has 29 heavy (non-hydrogen) atoms. The Morgan fingerprint density at radius 3 is 2.76 bits per heavy atom. The van der Waals surface area contributed by atoms with Crippen LogP contribution >= 0.6 is 11.3 Å². The molecular weight excluding hydrogens is 386 g/mol. The minimum absolute atomic E-state index is 0.0134. The predicted molar refractivity (Wildman–Crippen MR) is 118 cm³/mol. The SMILES string of the molecule is CCNC(=NCC(=O)NCCc1ccccc1)N(C)Cc1csc(C(C)OC)n1. The molecule has 0 saturated heterocycles. The van der Waals surface area contributed by atoms with Gasteiger partial charge in [-0.05, 0) is 25.8 Å². The van der Waals surface area contributed by atoms with Gasteiger partial charge in [-0.15, -0.1) is 11.3 Å². The second-order valence-electron chi connectivity index (χ2n) is 6.67. The van der Waals surface area contributed by atoms with Gasteiger partial charge in [0.15, 0.2) is 5.96 Å². The van der Waals surface area contributed by atoms with E-state index >= 15 is 0 Å². The van der Waals surface area contributed by atoms with E-state index in [9.17, 15) is 4.79 Å². The molecule has 1 aromatic carbocycles. The highest BCUT2D eigenvalue weighted by molar-refractivity contribution is 7.09. The van der Waals surface area contributed by atoms with E-state index in [1.54, 1.807) is 18.4 Å². The Morgan fingerprint density at radius 1 is 1.31 bits per heavy atom. The van der Waals surface area contributed by atoms with Gasteiger partial charge >= 0.3 is 0 Å². The van der Waals surface area contributed by atoms with Gasteiger partial charge in [-0.3, -0.25) is 4.79 Å². The summed E-state index contributed by atoms with van der Waals surface area (Å²) in [4.78, 5) is 23.2. The van der Waals surface area contributed by atoms with Gasteiger partial charge < -0.3 is 20.3 Å². The van der Waals surface area contributed by atoms with Crippen LogP contribution in [0.15, 0.2) is 40.7 Å². The van der Waals surface area contributed by atoms with Gasteiger partial charge in [-0.2, -0.15) is 0 Å². The number of nitrogens with one attached hydrogen (secondary N) is 2. The van der Waals surface area contributed by atoms with Crippen molar-refractivity contribution < 1.29 is 9.53 Å². The van der Waals surface area contributed by atoms with Crippen molar-refractivity contribution >= 4 is 23.2 Å². The number of amides is 1. The van der Waals surface area contributed by atoms with Crippen LogP contribution in [0.5, 0.6) is 0 Å². The van der Waals surface area contributed by atoms with Crippen molar-refractivity contribution in [2.24, 2.45) is 4.99 Å². The Balaban J connectivity index is 1.85. The van der Waals surface area contributed by atoms with Crippen LogP contribution in [0, 0.1) is 0 Å². The molecule has 1 aromatic heterocycles. The minimum atomic E-state index is -0.0883. The fraction of sp³-hybridized carbons (Fsp3) is 0.476. The van der Waals surface area contributed by atoms with E-state index in [1.165, 1.54) is 5.56 Å². The van der Waals surface area contributed by atoms with Crippen LogP contribution < -0.4 is 10.6 Å². The number of aliphatic imine (C=N–C) groups is 1. The second kappa shape index (κ2) is 12.2. The highest BCUT2D eigenvalue weighted by atomic mass is 32.1. The van der Waals surface area contributed by atoms with Crippen LogP contribution in [0.1, 0.15) is 36.2 Å². The summed E-state index contributed by atoms with van der Waals surface area (Å²) in [6, 6.07) is 10.1. The number of hydrogen-bond acceptors (Lipinski definition) is 5. The van der Waals surface area contributed by atoms with Crippen molar-refractivity contribution in [2.75, 3.05) is 33.8 Å². The van der Waals surface area contributed by atoms with E-state index in [1.807, 2.05) is 49.4 Å². The normalized spacial score (nSPS) is 12.5. The first-order valence-corrected chi connectivity index (χ1v) is 10.7. The lowest BCUT2D eigenvalue weighted by atomic mass is 10.1. The number of rotatable bonds is 10. The van der Waals surface area contributed by atoms with Crippen molar-refractivity contribution in [2.45, 2.75) is 32.9 Å².